The van der Waals surface area contributed by atoms with Crippen molar-refractivity contribution in [3.05, 3.63) is 78.9 Å². The van der Waals surface area contributed by atoms with Gasteiger partial charge in [-0.1, -0.05) is 42.1 Å². The summed E-state index contributed by atoms with van der Waals surface area (Å²) in [7, 11) is 1.63. The largest absolute Gasteiger partial charge is 0.497 e. The number of para-hydroxylation sites is 3. The Morgan fingerprint density at radius 2 is 1.77 bits per heavy atom. The number of thioether (sulfide) groups is 1. The molecule has 6 nitrogen and oxygen atoms in total. The third-order valence-corrected chi connectivity index (χ3v) is 6.05. The quantitative estimate of drug-likeness (QED) is 0.400. The summed E-state index contributed by atoms with van der Waals surface area (Å²) in [5.74, 6) is 0.598. The molecule has 7 heteroatoms. The first-order valence-electron chi connectivity index (χ1n) is 9.95. The Hall–Kier alpha value is -3.29. The number of amides is 1. The lowest BCUT2D eigenvalue weighted by molar-refractivity contribution is -0.116. The molecule has 158 valence electrons. The van der Waals surface area contributed by atoms with E-state index in [1.54, 1.807) is 7.11 Å². The second kappa shape index (κ2) is 9.68. The van der Waals surface area contributed by atoms with E-state index in [9.17, 15) is 9.90 Å². The van der Waals surface area contributed by atoms with Crippen LogP contribution in [0.25, 0.3) is 16.7 Å². The Morgan fingerprint density at radius 3 is 2.48 bits per heavy atom. The second-order valence-electron chi connectivity index (χ2n) is 6.89. The zero-order chi connectivity index (χ0) is 21.6. The Kier molecular flexibility index (Phi) is 6.54. The van der Waals surface area contributed by atoms with E-state index in [0.717, 1.165) is 28.2 Å². The number of aliphatic hydroxyl groups excluding tert-OH is 1. The van der Waals surface area contributed by atoms with Crippen molar-refractivity contribution in [2.45, 2.75) is 16.8 Å². The molecule has 0 saturated heterocycles. The first-order valence-corrected chi connectivity index (χ1v) is 10.8. The molecule has 1 heterocycles. The van der Waals surface area contributed by atoms with Gasteiger partial charge in [0.1, 0.15) is 5.75 Å². The van der Waals surface area contributed by atoms with Crippen LogP contribution in [0.2, 0.25) is 0 Å². The molecular weight excluding hydrogens is 410 g/mol. The fraction of sp³-hybridized carbons (Fsp3) is 0.167. The van der Waals surface area contributed by atoms with Gasteiger partial charge in [0.15, 0.2) is 5.16 Å². The van der Waals surface area contributed by atoms with E-state index in [1.807, 2.05) is 83.4 Å². The Labute approximate surface area is 184 Å². The Morgan fingerprint density at radius 1 is 1.06 bits per heavy atom. The van der Waals surface area contributed by atoms with Crippen molar-refractivity contribution < 1.29 is 14.6 Å². The highest BCUT2D eigenvalue weighted by atomic mass is 32.2. The van der Waals surface area contributed by atoms with Crippen LogP contribution in [0, 0.1) is 0 Å². The number of nitrogens with one attached hydrogen (secondary N) is 1. The van der Waals surface area contributed by atoms with Crippen molar-refractivity contribution in [1.82, 2.24) is 9.55 Å². The number of nitrogens with zero attached hydrogens (tertiary/aromatic N) is 2. The number of carbonyl (C=O) groups excluding carboxylic acids is 1. The van der Waals surface area contributed by atoms with Crippen molar-refractivity contribution in [1.29, 1.82) is 0 Å². The number of benzene rings is 3. The minimum atomic E-state index is -0.501. The van der Waals surface area contributed by atoms with Crippen molar-refractivity contribution in [3.8, 4) is 11.4 Å². The maximum absolute atomic E-state index is 13.0. The van der Waals surface area contributed by atoms with Crippen molar-refractivity contribution in [2.24, 2.45) is 0 Å². The number of anilines is 1. The lowest BCUT2D eigenvalue weighted by Gasteiger charge is -2.16. The van der Waals surface area contributed by atoms with E-state index in [4.69, 9.17) is 9.72 Å². The molecule has 4 aromatic rings. The summed E-state index contributed by atoms with van der Waals surface area (Å²) in [5.41, 5.74) is 3.43. The third-order valence-electron chi connectivity index (χ3n) is 4.83. The minimum absolute atomic E-state index is 0.0946. The smallest absolute Gasteiger partial charge is 0.238 e. The van der Waals surface area contributed by atoms with E-state index >= 15 is 0 Å². The summed E-state index contributed by atoms with van der Waals surface area (Å²) in [5, 5.41) is 12.7. The number of methoxy groups -OCH3 is 1. The summed E-state index contributed by atoms with van der Waals surface area (Å²) in [6.07, 6.45) is 0.315. The number of hydrogen-bond acceptors (Lipinski definition) is 5. The van der Waals surface area contributed by atoms with Gasteiger partial charge in [0.05, 0.1) is 23.4 Å². The maximum Gasteiger partial charge on any atom is 0.238 e. The van der Waals surface area contributed by atoms with Gasteiger partial charge in [-0.15, -0.1) is 0 Å². The predicted molar refractivity (Wildman–Crippen MR) is 124 cm³/mol. The number of carbonyl (C=O) groups is 1. The topological polar surface area (TPSA) is 76.4 Å². The summed E-state index contributed by atoms with van der Waals surface area (Å²) in [4.78, 5) is 17.7. The van der Waals surface area contributed by atoms with Crippen LogP contribution in [0.3, 0.4) is 0 Å². The highest BCUT2D eigenvalue weighted by molar-refractivity contribution is 8.00. The fourth-order valence-corrected chi connectivity index (χ4v) is 4.40. The normalized spacial score (nSPS) is 11.9. The monoisotopic (exact) mass is 433 g/mol. The van der Waals surface area contributed by atoms with E-state index in [1.165, 1.54) is 11.8 Å². The highest BCUT2D eigenvalue weighted by Crippen LogP contribution is 2.32. The molecule has 0 fully saturated rings. The first-order chi connectivity index (χ1) is 15.2. The van der Waals surface area contributed by atoms with Crippen LogP contribution in [0.1, 0.15) is 6.42 Å². The van der Waals surface area contributed by atoms with Gasteiger partial charge in [-0.25, -0.2) is 4.98 Å². The van der Waals surface area contributed by atoms with Crippen molar-refractivity contribution in [3.63, 3.8) is 0 Å². The van der Waals surface area contributed by atoms with Gasteiger partial charge in [-0.2, -0.15) is 0 Å². The number of hydrogen-bond donors (Lipinski definition) is 2. The van der Waals surface area contributed by atoms with Gasteiger partial charge >= 0.3 is 0 Å². The number of imidazole rings is 1. The second-order valence-corrected chi connectivity index (χ2v) is 8.06. The molecule has 0 radical (unpaired) electrons. The van der Waals surface area contributed by atoms with Gasteiger partial charge in [0, 0.05) is 18.0 Å². The summed E-state index contributed by atoms with van der Waals surface area (Å²) < 4.78 is 7.31. The molecule has 0 aliphatic rings. The number of rotatable bonds is 8. The number of aliphatic hydroxyl groups is 1. The van der Waals surface area contributed by atoms with E-state index < -0.39 is 5.25 Å². The Balaban J connectivity index is 1.69. The first kappa shape index (κ1) is 21.0. The van der Waals surface area contributed by atoms with Gasteiger partial charge < -0.3 is 15.2 Å². The third kappa shape index (κ3) is 4.73. The SMILES string of the molecule is COc1ccc(-n2c(SC(CCO)C(=O)Nc3ccccc3)nc3ccccc32)cc1. The molecular formula is C24H23N3O3S. The molecule has 0 bridgehead atoms. The molecule has 1 unspecified atom stereocenters. The van der Waals surface area contributed by atoms with Gasteiger partial charge in [-0.3, -0.25) is 9.36 Å². The molecule has 2 N–H and O–H groups in total. The Bertz CT molecular complexity index is 1160. The van der Waals surface area contributed by atoms with Crippen LogP contribution in [0.4, 0.5) is 5.69 Å². The van der Waals surface area contributed by atoms with Gasteiger partial charge in [0.2, 0.25) is 5.91 Å². The van der Waals surface area contributed by atoms with E-state index in [2.05, 4.69) is 5.32 Å². The predicted octanol–water partition coefficient (Wildman–Crippen LogP) is 4.52. The molecule has 0 aliphatic heterocycles. The lowest BCUT2D eigenvalue weighted by Crippen LogP contribution is -2.26. The van der Waals surface area contributed by atoms with Gasteiger partial charge in [-0.05, 0) is 55.0 Å². The van der Waals surface area contributed by atoms with Crippen LogP contribution < -0.4 is 10.1 Å². The molecule has 4 rings (SSSR count). The average molecular weight is 434 g/mol. The molecule has 0 saturated carbocycles. The van der Waals surface area contributed by atoms with Crippen LogP contribution in [-0.4, -0.2) is 39.5 Å². The maximum atomic E-state index is 13.0. The summed E-state index contributed by atoms with van der Waals surface area (Å²) >= 11 is 1.35. The lowest BCUT2D eigenvalue weighted by atomic mass is 10.2. The average Bonchev–Trinajstić information content (AvgIpc) is 3.17. The molecule has 0 spiro atoms. The zero-order valence-electron chi connectivity index (χ0n) is 17.1. The summed E-state index contributed by atoms with van der Waals surface area (Å²) in [6, 6.07) is 24.9. The van der Waals surface area contributed by atoms with Crippen LogP contribution in [0.15, 0.2) is 84.0 Å². The molecule has 1 amide bonds. The molecule has 1 atom stereocenters. The fourth-order valence-electron chi connectivity index (χ4n) is 3.30. The molecule has 31 heavy (non-hydrogen) atoms. The minimum Gasteiger partial charge on any atom is -0.497 e. The molecule has 1 aromatic heterocycles. The van der Waals surface area contributed by atoms with Crippen LogP contribution in [0.5, 0.6) is 5.75 Å². The van der Waals surface area contributed by atoms with Crippen LogP contribution in [-0.2, 0) is 4.79 Å². The molecule has 3 aromatic carbocycles. The zero-order valence-corrected chi connectivity index (χ0v) is 17.9. The number of aromatic nitrogens is 2. The molecule has 0 aliphatic carbocycles. The van der Waals surface area contributed by atoms with Crippen molar-refractivity contribution >= 4 is 34.4 Å². The van der Waals surface area contributed by atoms with Gasteiger partial charge in [0.25, 0.3) is 0 Å². The number of ether oxygens (including phenoxy) is 1. The van der Waals surface area contributed by atoms with Crippen LogP contribution >= 0.6 is 11.8 Å². The van der Waals surface area contributed by atoms with E-state index in [-0.39, 0.29) is 12.5 Å². The standard InChI is InChI=1S/C24H23N3O3S/c1-30-19-13-11-18(12-14-19)27-21-10-6-5-9-20(21)26-24(27)31-22(15-16-28)23(29)25-17-7-3-2-4-8-17/h2-14,22,28H,15-16H2,1H3,(H,25,29). The van der Waals surface area contributed by atoms with E-state index in [0.29, 0.717) is 11.6 Å². The number of fused-ring (bicyclic) bond motifs is 1. The summed E-state index contributed by atoms with van der Waals surface area (Å²) in [6.45, 7) is -0.0946. The highest BCUT2D eigenvalue weighted by Gasteiger charge is 2.24. The van der Waals surface area contributed by atoms with Crippen molar-refractivity contribution in [2.75, 3.05) is 19.0 Å².